The van der Waals surface area contributed by atoms with Crippen molar-refractivity contribution in [3.63, 3.8) is 0 Å². The highest BCUT2D eigenvalue weighted by atomic mass is 32.2. The predicted octanol–water partition coefficient (Wildman–Crippen LogP) is 2.83. The third-order valence-electron chi connectivity index (χ3n) is 4.42. The van der Waals surface area contributed by atoms with Crippen molar-refractivity contribution in [1.82, 2.24) is 4.90 Å². The van der Waals surface area contributed by atoms with Gasteiger partial charge in [0.25, 0.3) is 0 Å². The van der Waals surface area contributed by atoms with Crippen LogP contribution in [0, 0.1) is 5.82 Å². The maximum Gasteiger partial charge on any atom is 0.233 e. The summed E-state index contributed by atoms with van der Waals surface area (Å²) >= 11 is -1.31. The summed E-state index contributed by atoms with van der Waals surface area (Å²) in [5.74, 6) is -0.280. The average molecular weight is 373 g/mol. The molecule has 6 heteroatoms. The molecule has 0 aliphatic carbocycles. The Hall–Kier alpha value is -2.18. The topological polar surface area (TPSA) is 60.4 Å². The van der Waals surface area contributed by atoms with Gasteiger partial charge in [-0.15, -0.1) is 0 Å². The van der Waals surface area contributed by atoms with Gasteiger partial charge in [0.1, 0.15) is 11.6 Å². The van der Waals surface area contributed by atoms with E-state index >= 15 is 0 Å². The number of amides is 1. The predicted molar refractivity (Wildman–Crippen MR) is 98.1 cm³/mol. The lowest BCUT2D eigenvalue weighted by Gasteiger charge is -2.39. The molecule has 3 rings (SSSR count). The van der Waals surface area contributed by atoms with E-state index in [0.29, 0.717) is 12.8 Å². The molecule has 1 aliphatic rings. The number of carbonyl (C=O) groups is 2. The number of ketones is 1. The number of aryl methyl sites for hydroxylation is 1. The van der Waals surface area contributed by atoms with Crippen LogP contribution in [0.1, 0.15) is 24.0 Å². The summed E-state index contributed by atoms with van der Waals surface area (Å²) in [6.07, 6.45) is 1.18. The molecule has 1 heterocycles. The lowest BCUT2D eigenvalue weighted by atomic mass is 10.1. The second-order valence-electron chi connectivity index (χ2n) is 6.36. The average Bonchev–Trinajstić information content (AvgIpc) is 2.65. The number of rotatable bonds is 8. The van der Waals surface area contributed by atoms with Crippen LogP contribution < -0.4 is 0 Å². The summed E-state index contributed by atoms with van der Waals surface area (Å²) in [7, 11) is 0. The van der Waals surface area contributed by atoms with Crippen LogP contribution in [0.5, 0.6) is 0 Å². The van der Waals surface area contributed by atoms with Gasteiger partial charge in [0, 0.05) is 12.0 Å². The first-order valence-electron chi connectivity index (χ1n) is 8.49. The van der Waals surface area contributed by atoms with Crippen molar-refractivity contribution in [2.24, 2.45) is 0 Å². The SMILES string of the molecule is O=C(CCc1ccccc1)CN1C(=O)CC1[S+]([O-])Cc1ccc(F)cc1. The minimum atomic E-state index is -1.31. The first kappa shape index (κ1) is 18.6. The number of carbonyl (C=O) groups excluding carboxylic acids is 2. The molecular formula is C20H20FNO3S. The van der Waals surface area contributed by atoms with Crippen molar-refractivity contribution >= 4 is 22.9 Å². The Balaban J connectivity index is 1.51. The molecule has 1 fully saturated rings. The molecule has 2 atom stereocenters. The second-order valence-corrected chi connectivity index (χ2v) is 7.95. The fourth-order valence-corrected chi connectivity index (χ4v) is 4.41. The molecule has 26 heavy (non-hydrogen) atoms. The Morgan fingerprint density at radius 3 is 2.46 bits per heavy atom. The minimum Gasteiger partial charge on any atom is -0.614 e. The first-order chi connectivity index (χ1) is 12.5. The van der Waals surface area contributed by atoms with Crippen molar-refractivity contribution in [3.8, 4) is 0 Å². The van der Waals surface area contributed by atoms with E-state index in [-0.39, 0.29) is 36.2 Å². The van der Waals surface area contributed by atoms with E-state index in [1.807, 2.05) is 30.3 Å². The molecule has 136 valence electrons. The molecule has 1 amide bonds. The molecule has 0 radical (unpaired) electrons. The van der Waals surface area contributed by atoms with Crippen LogP contribution in [0.4, 0.5) is 4.39 Å². The molecular weight excluding hydrogens is 353 g/mol. The monoisotopic (exact) mass is 373 g/mol. The van der Waals surface area contributed by atoms with E-state index in [9.17, 15) is 18.5 Å². The maximum atomic E-state index is 12.9. The van der Waals surface area contributed by atoms with E-state index < -0.39 is 16.5 Å². The van der Waals surface area contributed by atoms with Crippen molar-refractivity contribution < 1.29 is 18.5 Å². The molecule has 1 saturated heterocycles. The highest BCUT2D eigenvalue weighted by molar-refractivity contribution is 7.91. The van der Waals surface area contributed by atoms with Crippen molar-refractivity contribution in [2.75, 3.05) is 6.54 Å². The number of likely N-dealkylation sites (tertiary alicyclic amines) is 1. The number of hydrogen-bond acceptors (Lipinski definition) is 3. The van der Waals surface area contributed by atoms with Crippen LogP contribution in [0.15, 0.2) is 54.6 Å². The number of halogens is 1. The molecule has 2 unspecified atom stereocenters. The molecule has 1 aliphatic heterocycles. The van der Waals surface area contributed by atoms with Gasteiger partial charge in [-0.05, 0) is 35.3 Å². The lowest BCUT2D eigenvalue weighted by Crippen LogP contribution is -2.58. The van der Waals surface area contributed by atoms with Crippen LogP contribution >= 0.6 is 0 Å². The second kappa shape index (κ2) is 8.47. The highest BCUT2D eigenvalue weighted by Gasteiger charge is 2.45. The first-order valence-corrected chi connectivity index (χ1v) is 9.88. The Bertz CT molecular complexity index is 766. The molecule has 0 aromatic heterocycles. The normalized spacial score (nSPS) is 17.7. The van der Waals surface area contributed by atoms with Crippen LogP contribution in [-0.4, -0.2) is 33.1 Å². The Kier molecular flexibility index (Phi) is 6.06. The standard InChI is InChI=1S/C20H20FNO3S/c21-17-9-6-16(7-10-17)14-26(25)20-12-19(24)22(20)13-18(23)11-8-15-4-2-1-3-5-15/h1-7,9-10,20H,8,11-14H2. The summed E-state index contributed by atoms with van der Waals surface area (Å²) < 4.78 is 25.5. The third-order valence-corrected chi connectivity index (χ3v) is 6.07. The van der Waals surface area contributed by atoms with Gasteiger partial charge in [0.05, 0.1) is 13.0 Å². The molecule has 0 spiro atoms. The fourth-order valence-electron chi connectivity index (χ4n) is 2.89. The van der Waals surface area contributed by atoms with Crippen LogP contribution in [0.3, 0.4) is 0 Å². The maximum absolute atomic E-state index is 12.9. The summed E-state index contributed by atoms with van der Waals surface area (Å²) in [6, 6.07) is 15.5. The quantitative estimate of drug-likeness (QED) is 0.528. The number of nitrogens with zero attached hydrogens (tertiary/aromatic N) is 1. The van der Waals surface area contributed by atoms with Crippen molar-refractivity contribution in [2.45, 2.75) is 30.4 Å². The smallest absolute Gasteiger partial charge is 0.233 e. The number of β-lactam (4-membered cyclic amide) rings is 1. The zero-order chi connectivity index (χ0) is 18.5. The lowest BCUT2D eigenvalue weighted by molar-refractivity contribution is -0.145. The molecule has 2 aromatic rings. The Labute approximate surface area is 155 Å². The highest BCUT2D eigenvalue weighted by Crippen LogP contribution is 2.27. The van der Waals surface area contributed by atoms with Gasteiger partial charge < -0.3 is 4.55 Å². The number of Topliss-reactive ketones (excluding diaryl/α,β-unsaturated/α-hetero) is 1. The van der Waals surface area contributed by atoms with Crippen LogP contribution in [0.25, 0.3) is 0 Å². The van der Waals surface area contributed by atoms with E-state index in [1.165, 1.54) is 17.0 Å². The van der Waals surface area contributed by atoms with Crippen molar-refractivity contribution in [3.05, 3.63) is 71.5 Å². The van der Waals surface area contributed by atoms with Gasteiger partial charge in [-0.3, -0.25) is 14.5 Å². The molecule has 2 aromatic carbocycles. The van der Waals surface area contributed by atoms with Crippen molar-refractivity contribution in [1.29, 1.82) is 0 Å². The van der Waals surface area contributed by atoms with Gasteiger partial charge in [-0.25, -0.2) is 4.39 Å². The summed E-state index contributed by atoms with van der Waals surface area (Å²) in [5.41, 5.74) is 1.83. The van der Waals surface area contributed by atoms with E-state index in [2.05, 4.69) is 0 Å². The minimum absolute atomic E-state index is 0.00545. The zero-order valence-electron chi connectivity index (χ0n) is 14.3. The van der Waals surface area contributed by atoms with E-state index in [1.54, 1.807) is 12.1 Å². The molecule has 4 nitrogen and oxygen atoms in total. The van der Waals surface area contributed by atoms with Gasteiger partial charge in [-0.1, -0.05) is 42.5 Å². The molecule has 0 N–H and O–H groups in total. The summed E-state index contributed by atoms with van der Waals surface area (Å²) in [4.78, 5) is 25.4. The Morgan fingerprint density at radius 1 is 1.12 bits per heavy atom. The molecule has 0 saturated carbocycles. The summed E-state index contributed by atoms with van der Waals surface area (Å²) in [5, 5.41) is -0.437. The number of benzene rings is 2. The van der Waals surface area contributed by atoms with Gasteiger partial charge in [0.2, 0.25) is 5.91 Å². The van der Waals surface area contributed by atoms with Gasteiger partial charge in [-0.2, -0.15) is 0 Å². The van der Waals surface area contributed by atoms with Crippen LogP contribution in [-0.2, 0) is 32.9 Å². The Morgan fingerprint density at radius 2 is 1.81 bits per heavy atom. The van der Waals surface area contributed by atoms with E-state index in [0.717, 1.165) is 11.1 Å². The van der Waals surface area contributed by atoms with Crippen LogP contribution in [0.2, 0.25) is 0 Å². The fraction of sp³-hybridized carbons (Fsp3) is 0.300. The molecule has 0 bridgehead atoms. The number of hydrogen-bond donors (Lipinski definition) is 0. The van der Waals surface area contributed by atoms with E-state index in [4.69, 9.17) is 0 Å². The third kappa shape index (κ3) is 4.71. The van der Waals surface area contributed by atoms with Gasteiger partial charge >= 0.3 is 0 Å². The van der Waals surface area contributed by atoms with Gasteiger partial charge in [0.15, 0.2) is 11.2 Å². The summed E-state index contributed by atoms with van der Waals surface area (Å²) in [6.45, 7) is 0.00545. The zero-order valence-corrected chi connectivity index (χ0v) is 15.1. The largest absolute Gasteiger partial charge is 0.614 e.